The Hall–Kier alpha value is -1.84. The highest BCUT2D eigenvalue weighted by molar-refractivity contribution is 5.38. The second-order valence-corrected chi connectivity index (χ2v) is 5.32. The molecule has 1 atom stereocenters. The number of nitrogens with two attached hydrogens (primary N) is 1. The van der Waals surface area contributed by atoms with Crippen molar-refractivity contribution in [2.75, 3.05) is 7.11 Å². The summed E-state index contributed by atoms with van der Waals surface area (Å²) in [4.78, 5) is 0. The maximum atomic E-state index is 5.75. The minimum atomic E-state index is 0.0992. The Morgan fingerprint density at radius 1 is 1.10 bits per heavy atom. The van der Waals surface area contributed by atoms with Crippen LogP contribution in [0.15, 0.2) is 42.5 Å². The highest BCUT2D eigenvalue weighted by Gasteiger charge is 2.12. The number of hydrogen-bond donors (Lipinski definition) is 2. The molecule has 0 fully saturated rings. The second kappa shape index (κ2) is 7.25. The average Bonchev–Trinajstić information content (AvgIpc) is 2.53. The topological polar surface area (TPSA) is 47.3 Å². The number of methoxy groups -OCH3 is 1. The Morgan fingerprint density at radius 3 is 2.29 bits per heavy atom. The van der Waals surface area contributed by atoms with E-state index in [-0.39, 0.29) is 6.04 Å². The minimum absolute atomic E-state index is 0.0992. The van der Waals surface area contributed by atoms with E-state index in [1.54, 1.807) is 7.11 Å². The number of hydrazine groups is 1. The van der Waals surface area contributed by atoms with Crippen molar-refractivity contribution in [1.82, 2.24) is 5.43 Å². The van der Waals surface area contributed by atoms with Gasteiger partial charge in [-0.2, -0.15) is 0 Å². The summed E-state index contributed by atoms with van der Waals surface area (Å²) in [6, 6.07) is 15.0. The van der Waals surface area contributed by atoms with Gasteiger partial charge in [-0.1, -0.05) is 43.3 Å². The van der Waals surface area contributed by atoms with Gasteiger partial charge in [-0.25, -0.2) is 0 Å². The normalized spacial score (nSPS) is 12.2. The lowest BCUT2D eigenvalue weighted by molar-refractivity contribution is 0.411. The van der Waals surface area contributed by atoms with Gasteiger partial charge in [0.05, 0.1) is 7.11 Å². The molecule has 0 saturated heterocycles. The molecule has 0 aliphatic rings. The van der Waals surface area contributed by atoms with Gasteiger partial charge in [-0.3, -0.25) is 11.3 Å². The van der Waals surface area contributed by atoms with Crippen molar-refractivity contribution in [2.45, 2.75) is 32.7 Å². The van der Waals surface area contributed by atoms with Crippen molar-refractivity contribution < 1.29 is 4.74 Å². The lowest BCUT2D eigenvalue weighted by Gasteiger charge is -2.18. The summed E-state index contributed by atoms with van der Waals surface area (Å²) in [6.07, 6.45) is 1.93. The lowest BCUT2D eigenvalue weighted by atomic mass is 9.97. The second-order valence-electron chi connectivity index (χ2n) is 5.32. The molecule has 3 N–H and O–H groups in total. The molecular formula is C18H24N2O. The lowest BCUT2D eigenvalue weighted by Crippen LogP contribution is -2.29. The minimum Gasteiger partial charge on any atom is -0.496 e. The third kappa shape index (κ3) is 3.84. The van der Waals surface area contributed by atoms with Crippen LogP contribution in [0.4, 0.5) is 0 Å². The van der Waals surface area contributed by atoms with Crippen molar-refractivity contribution >= 4 is 0 Å². The molecule has 0 saturated carbocycles. The molecule has 0 heterocycles. The zero-order valence-electron chi connectivity index (χ0n) is 13.0. The van der Waals surface area contributed by atoms with Crippen LogP contribution in [0.2, 0.25) is 0 Å². The first-order valence-corrected chi connectivity index (χ1v) is 7.36. The molecule has 3 heteroatoms. The summed E-state index contributed by atoms with van der Waals surface area (Å²) < 4.78 is 5.31. The Morgan fingerprint density at radius 2 is 1.76 bits per heavy atom. The molecule has 21 heavy (non-hydrogen) atoms. The van der Waals surface area contributed by atoms with Crippen LogP contribution < -0.4 is 16.0 Å². The summed E-state index contributed by atoms with van der Waals surface area (Å²) >= 11 is 0. The molecule has 0 amide bonds. The summed E-state index contributed by atoms with van der Waals surface area (Å²) in [5.41, 5.74) is 7.86. The molecule has 0 spiro atoms. The standard InChI is InChI=1S/C18H24N2O/c1-4-14-5-7-15(8-6-14)12-17(20-19)16-9-10-18(21-3)13(2)11-16/h5-11,17,20H,4,12,19H2,1-3H3. The van der Waals surface area contributed by atoms with Gasteiger partial charge in [-0.05, 0) is 48.1 Å². The Balaban J connectivity index is 2.16. The highest BCUT2D eigenvalue weighted by atomic mass is 16.5. The Kier molecular flexibility index (Phi) is 5.37. The molecule has 3 nitrogen and oxygen atoms in total. The molecule has 0 aromatic heterocycles. The largest absolute Gasteiger partial charge is 0.496 e. The van der Waals surface area contributed by atoms with Gasteiger partial charge in [0.15, 0.2) is 0 Å². The Bertz CT molecular complexity index is 578. The van der Waals surface area contributed by atoms with E-state index >= 15 is 0 Å². The molecule has 2 aromatic rings. The smallest absolute Gasteiger partial charge is 0.121 e. The number of benzene rings is 2. The highest BCUT2D eigenvalue weighted by Crippen LogP contribution is 2.24. The van der Waals surface area contributed by atoms with Crippen molar-refractivity contribution in [2.24, 2.45) is 5.84 Å². The van der Waals surface area contributed by atoms with Gasteiger partial charge in [0.2, 0.25) is 0 Å². The number of ether oxygens (including phenoxy) is 1. The quantitative estimate of drug-likeness (QED) is 0.632. The first kappa shape index (κ1) is 15.5. The number of aryl methyl sites for hydroxylation is 2. The van der Waals surface area contributed by atoms with E-state index in [0.29, 0.717) is 0 Å². The predicted octanol–water partition coefficient (Wildman–Crippen LogP) is 3.31. The van der Waals surface area contributed by atoms with Crippen molar-refractivity contribution in [1.29, 1.82) is 0 Å². The van der Waals surface area contributed by atoms with Gasteiger partial charge >= 0.3 is 0 Å². The van der Waals surface area contributed by atoms with Crippen LogP contribution in [-0.4, -0.2) is 7.11 Å². The molecule has 112 valence electrons. The van der Waals surface area contributed by atoms with Crippen LogP contribution in [0.3, 0.4) is 0 Å². The first-order valence-electron chi connectivity index (χ1n) is 7.36. The fourth-order valence-corrected chi connectivity index (χ4v) is 2.54. The molecule has 0 bridgehead atoms. The van der Waals surface area contributed by atoms with Crippen molar-refractivity contribution in [3.05, 3.63) is 64.7 Å². The molecule has 0 aliphatic heterocycles. The fraction of sp³-hybridized carbons (Fsp3) is 0.333. The van der Waals surface area contributed by atoms with Crippen LogP contribution in [0.25, 0.3) is 0 Å². The monoisotopic (exact) mass is 284 g/mol. The van der Waals surface area contributed by atoms with Crippen LogP contribution >= 0.6 is 0 Å². The van der Waals surface area contributed by atoms with Crippen LogP contribution in [-0.2, 0) is 12.8 Å². The van der Waals surface area contributed by atoms with Gasteiger partial charge in [-0.15, -0.1) is 0 Å². The van der Waals surface area contributed by atoms with E-state index in [9.17, 15) is 0 Å². The van der Waals surface area contributed by atoms with Crippen LogP contribution in [0, 0.1) is 6.92 Å². The zero-order chi connectivity index (χ0) is 15.2. The van der Waals surface area contributed by atoms with E-state index in [2.05, 4.69) is 48.7 Å². The third-order valence-corrected chi connectivity index (χ3v) is 3.89. The number of nitrogens with one attached hydrogen (secondary N) is 1. The third-order valence-electron chi connectivity index (χ3n) is 3.89. The van der Waals surface area contributed by atoms with Gasteiger partial charge in [0, 0.05) is 6.04 Å². The molecule has 0 radical (unpaired) electrons. The first-order chi connectivity index (χ1) is 10.2. The molecule has 2 rings (SSSR count). The van der Waals surface area contributed by atoms with E-state index < -0.39 is 0 Å². The maximum absolute atomic E-state index is 5.75. The molecule has 1 unspecified atom stereocenters. The van der Waals surface area contributed by atoms with Gasteiger partial charge in [0.1, 0.15) is 5.75 Å². The van der Waals surface area contributed by atoms with Crippen molar-refractivity contribution in [3.8, 4) is 5.75 Å². The van der Waals surface area contributed by atoms with E-state index in [0.717, 1.165) is 24.2 Å². The van der Waals surface area contributed by atoms with Gasteiger partial charge < -0.3 is 4.74 Å². The molecular weight excluding hydrogens is 260 g/mol. The predicted molar refractivity (Wildman–Crippen MR) is 87.3 cm³/mol. The van der Waals surface area contributed by atoms with E-state index in [1.807, 2.05) is 13.0 Å². The SMILES string of the molecule is CCc1ccc(CC(NN)c2ccc(OC)c(C)c2)cc1. The van der Waals surface area contributed by atoms with Crippen molar-refractivity contribution in [3.63, 3.8) is 0 Å². The summed E-state index contributed by atoms with van der Waals surface area (Å²) in [6.45, 7) is 4.21. The van der Waals surface area contributed by atoms with Gasteiger partial charge in [0.25, 0.3) is 0 Å². The summed E-state index contributed by atoms with van der Waals surface area (Å²) in [7, 11) is 1.69. The fourth-order valence-electron chi connectivity index (χ4n) is 2.54. The summed E-state index contributed by atoms with van der Waals surface area (Å²) in [5, 5.41) is 0. The zero-order valence-corrected chi connectivity index (χ0v) is 13.0. The maximum Gasteiger partial charge on any atom is 0.121 e. The number of rotatable bonds is 6. The summed E-state index contributed by atoms with van der Waals surface area (Å²) in [5.74, 6) is 6.65. The Labute approximate surface area is 127 Å². The van der Waals surface area contributed by atoms with Crippen LogP contribution in [0.5, 0.6) is 5.75 Å². The molecule has 2 aromatic carbocycles. The molecule has 0 aliphatic carbocycles. The van der Waals surface area contributed by atoms with Crippen LogP contribution in [0.1, 0.15) is 35.2 Å². The number of hydrogen-bond acceptors (Lipinski definition) is 3. The van der Waals surface area contributed by atoms with E-state index in [1.165, 1.54) is 16.7 Å². The average molecular weight is 284 g/mol. The van der Waals surface area contributed by atoms with E-state index in [4.69, 9.17) is 10.6 Å².